The molecule has 2 rings (SSSR count). The van der Waals surface area contributed by atoms with E-state index in [-0.39, 0.29) is 5.56 Å². The Bertz CT molecular complexity index is 583. The predicted molar refractivity (Wildman–Crippen MR) is 66.3 cm³/mol. The third-order valence-electron chi connectivity index (χ3n) is 2.68. The summed E-state index contributed by atoms with van der Waals surface area (Å²) in [5.74, 6) is 0.401. The van der Waals surface area contributed by atoms with E-state index in [2.05, 4.69) is 10.3 Å². The van der Waals surface area contributed by atoms with Gasteiger partial charge >= 0.3 is 0 Å². The molecule has 18 heavy (non-hydrogen) atoms. The Morgan fingerprint density at radius 2 is 2.33 bits per heavy atom. The number of nitrogens with zero attached hydrogens (tertiary/aromatic N) is 3. The number of anilines is 1. The van der Waals surface area contributed by atoms with Crippen molar-refractivity contribution in [2.75, 3.05) is 5.32 Å². The molecule has 0 saturated carbocycles. The van der Waals surface area contributed by atoms with Gasteiger partial charge in [-0.25, -0.2) is 9.37 Å². The molecule has 0 aliphatic heterocycles. The monoisotopic (exact) mass is 244 g/mol. The summed E-state index contributed by atoms with van der Waals surface area (Å²) < 4.78 is 15.2. The molecule has 0 amide bonds. The lowest BCUT2D eigenvalue weighted by atomic mass is 10.2. The number of nitriles is 1. The fourth-order valence-corrected chi connectivity index (χ4v) is 1.70. The summed E-state index contributed by atoms with van der Waals surface area (Å²) in [6.45, 7) is 3.43. The molecule has 1 aromatic heterocycles. The van der Waals surface area contributed by atoms with E-state index in [4.69, 9.17) is 5.26 Å². The summed E-state index contributed by atoms with van der Waals surface area (Å²) in [5, 5.41) is 11.9. The molecule has 0 unspecified atom stereocenters. The van der Waals surface area contributed by atoms with Gasteiger partial charge in [-0.15, -0.1) is 0 Å². The zero-order valence-electron chi connectivity index (χ0n) is 10.0. The third kappa shape index (κ3) is 2.48. The second-order valence-corrected chi connectivity index (χ2v) is 3.79. The van der Waals surface area contributed by atoms with Gasteiger partial charge in [0.05, 0.1) is 12.1 Å². The highest BCUT2D eigenvalue weighted by atomic mass is 19.1. The van der Waals surface area contributed by atoms with Gasteiger partial charge in [0.1, 0.15) is 17.7 Å². The Kier molecular flexibility index (Phi) is 3.58. The van der Waals surface area contributed by atoms with E-state index in [1.807, 2.05) is 23.8 Å². The van der Waals surface area contributed by atoms with Gasteiger partial charge in [-0.1, -0.05) is 0 Å². The molecule has 0 bridgehead atoms. The number of hydrogen-bond donors (Lipinski definition) is 1. The smallest absolute Gasteiger partial charge is 0.141 e. The zero-order chi connectivity index (χ0) is 13.0. The van der Waals surface area contributed by atoms with Gasteiger partial charge in [0, 0.05) is 24.6 Å². The van der Waals surface area contributed by atoms with Crippen LogP contribution in [0.3, 0.4) is 0 Å². The first-order valence-corrected chi connectivity index (χ1v) is 5.68. The lowest BCUT2D eigenvalue weighted by molar-refractivity contribution is 0.624. The SMILES string of the molecule is CCn1ccnc1CNc1ccc(F)c(C#N)c1. The van der Waals surface area contributed by atoms with Crippen LogP contribution in [-0.4, -0.2) is 9.55 Å². The Morgan fingerprint density at radius 3 is 3.06 bits per heavy atom. The Hall–Kier alpha value is -2.35. The van der Waals surface area contributed by atoms with Crippen molar-refractivity contribution in [3.63, 3.8) is 0 Å². The van der Waals surface area contributed by atoms with Crippen LogP contribution in [0.15, 0.2) is 30.6 Å². The van der Waals surface area contributed by atoms with Crippen molar-refractivity contribution in [1.82, 2.24) is 9.55 Å². The summed E-state index contributed by atoms with van der Waals surface area (Å²) in [6, 6.07) is 6.20. The molecule has 4 nitrogen and oxygen atoms in total. The highest BCUT2D eigenvalue weighted by Gasteiger charge is 2.04. The van der Waals surface area contributed by atoms with Crippen molar-refractivity contribution >= 4 is 5.69 Å². The molecule has 0 radical (unpaired) electrons. The number of halogens is 1. The van der Waals surface area contributed by atoms with Crippen LogP contribution in [0.25, 0.3) is 0 Å². The fourth-order valence-electron chi connectivity index (χ4n) is 1.70. The lowest BCUT2D eigenvalue weighted by Gasteiger charge is -2.08. The molecule has 0 fully saturated rings. The zero-order valence-corrected chi connectivity index (χ0v) is 10.0. The van der Waals surface area contributed by atoms with E-state index < -0.39 is 5.82 Å². The maximum Gasteiger partial charge on any atom is 0.141 e. The van der Waals surface area contributed by atoms with Crippen LogP contribution < -0.4 is 5.32 Å². The molecule has 5 heteroatoms. The maximum absolute atomic E-state index is 13.1. The molecule has 2 aromatic rings. The Morgan fingerprint density at radius 1 is 1.50 bits per heavy atom. The second-order valence-electron chi connectivity index (χ2n) is 3.79. The molecule has 1 N–H and O–H groups in total. The Labute approximate surface area is 105 Å². The summed E-state index contributed by atoms with van der Waals surface area (Å²) >= 11 is 0. The van der Waals surface area contributed by atoms with Crippen LogP contribution >= 0.6 is 0 Å². The van der Waals surface area contributed by atoms with Crippen molar-refractivity contribution in [2.24, 2.45) is 0 Å². The fraction of sp³-hybridized carbons (Fsp3) is 0.231. The minimum Gasteiger partial charge on any atom is -0.378 e. The molecular weight excluding hydrogens is 231 g/mol. The van der Waals surface area contributed by atoms with Crippen LogP contribution in [0.4, 0.5) is 10.1 Å². The van der Waals surface area contributed by atoms with Gasteiger partial charge in [-0.3, -0.25) is 0 Å². The number of nitrogens with one attached hydrogen (secondary N) is 1. The highest BCUT2D eigenvalue weighted by Crippen LogP contribution is 2.14. The van der Waals surface area contributed by atoms with Gasteiger partial charge in [0.25, 0.3) is 0 Å². The van der Waals surface area contributed by atoms with Gasteiger partial charge in [0.2, 0.25) is 0 Å². The van der Waals surface area contributed by atoms with Crippen molar-refractivity contribution < 1.29 is 4.39 Å². The number of rotatable bonds is 4. The summed E-state index contributed by atoms with van der Waals surface area (Å²) in [4.78, 5) is 4.22. The summed E-state index contributed by atoms with van der Waals surface area (Å²) in [5.41, 5.74) is 0.748. The van der Waals surface area contributed by atoms with Crippen LogP contribution in [0.2, 0.25) is 0 Å². The van der Waals surface area contributed by atoms with Gasteiger partial charge < -0.3 is 9.88 Å². The number of aryl methyl sites for hydroxylation is 1. The van der Waals surface area contributed by atoms with E-state index in [0.29, 0.717) is 12.2 Å². The predicted octanol–water partition coefficient (Wildman–Crippen LogP) is 2.53. The first-order chi connectivity index (χ1) is 8.74. The van der Waals surface area contributed by atoms with E-state index >= 15 is 0 Å². The topological polar surface area (TPSA) is 53.6 Å². The summed E-state index contributed by atoms with van der Waals surface area (Å²) in [6.07, 6.45) is 3.65. The minimum atomic E-state index is -0.502. The summed E-state index contributed by atoms with van der Waals surface area (Å²) in [7, 11) is 0. The number of hydrogen-bond acceptors (Lipinski definition) is 3. The molecule has 92 valence electrons. The number of benzene rings is 1. The first kappa shape index (κ1) is 12.1. The van der Waals surface area contributed by atoms with Crippen LogP contribution in [0.1, 0.15) is 18.3 Å². The quantitative estimate of drug-likeness (QED) is 0.899. The number of aromatic nitrogens is 2. The van der Waals surface area contributed by atoms with Crippen molar-refractivity contribution in [2.45, 2.75) is 20.0 Å². The van der Waals surface area contributed by atoms with Crippen molar-refractivity contribution in [3.05, 3.63) is 47.8 Å². The van der Waals surface area contributed by atoms with E-state index in [1.165, 1.54) is 12.1 Å². The standard InChI is InChI=1S/C13H13FN4/c1-2-18-6-5-16-13(18)9-17-11-3-4-12(14)10(7-11)8-15/h3-7,17H,2,9H2,1H3. The molecule has 0 aliphatic carbocycles. The van der Waals surface area contributed by atoms with Crippen LogP contribution in [-0.2, 0) is 13.1 Å². The van der Waals surface area contributed by atoms with Crippen molar-refractivity contribution in [3.8, 4) is 6.07 Å². The average Bonchev–Trinajstić information content (AvgIpc) is 2.85. The lowest BCUT2D eigenvalue weighted by Crippen LogP contribution is -2.07. The highest BCUT2D eigenvalue weighted by molar-refractivity contribution is 5.49. The van der Waals surface area contributed by atoms with Crippen molar-refractivity contribution in [1.29, 1.82) is 5.26 Å². The molecular formula is C13H13FN4. The molecule has 0 aliphatic rings. The molecule has 1 heterocycles. The molecule has 0 spiro atoms. The van der Waals surface area contributed by atoms with E-state index in [1.54, 1.807) is 12.3 Å². The second kappa shape index (κ2) is 5.32. The molecule has 0 atom stereocenters. The van der Waals surface area contributed by atoms with Gasteiger partial charge in [-0.05, 0) is 25.1 Å². The van der Waals surface area contributed by atoms with Gasteiger partial charge in [-0.2, -0.15) is 5.26 Å². The van der Waals surface area contributed by atoms with Crippen LogP contribution in [0, 0.1) is 17.1 Å². The molecule has 0 saturated heterocycles. The van der Waals surface area contributed by atoms with Crippen LogP contribution in [0.5, 0.6) is 0 Å². The van der Waals surface area contributed by atoms with Gasteiger partial charge in [0.15, 0.2) is 0 Å². The molecule has 1 aromatic carbocycles. The van der Waals surface area contributed by atoms with E-state index in [9.17, 15) is 4.39 Å². The number of imidazole rings is 1. The normalized spacial score (nSPS) is 10.1. The average molecular weight is 244 g/mol. The maximum atomic E-state index is 13.1. The Balaban J connectivity index is 2.09. The first-order valence-electron chi connectivity index (χ1n) is 5.68. The third-order valence-corrected chi connectivity index (χ3v) is 2.68. The van der Waals surface area contributed by atoms with E-state index in [0.717, 1.165) is 12.4 Å². The largest absolute Gasteiger partial charge is 0.378 e. The minimum absolute atomic E-state index is 0.0406.